The lowest BCUT2D eigenvalue weighted by molar-refractivity contribution is -0.125. The molecule has 0 spiro atoms. The zero-order chi connectivity index (χ0) is 11.0. The summed E-state index contributed by atoms with van der Waals surface area (Å²) in [5.41, 5.74) is 2.13. The smallest absolute Gasteiger partial charge is 0.237 e. The number of aliphatic hydroxyl groups excluding tert-OH is 1. The maximum atomic E-state index is 11.1. The zero-order valence-electron chi connectivity index (χ0n) is 8.99. The van der Waals surface area contributed by atoms with Crippen molar-refractivity contribution in [3.05, 3.63) is 0 Å². The number of carbonyl (C=O) groups excluding carboxylic acids is 1. The summed E-state index contributed by atoms with van der Waals surface area (Å²) in [6.45, 7) is 6.15. The van der Waals surface area contributed by atoms with Crippen LogP contribution in [0.4, 0.5) is 0 Å². The standard InChI is InChI=1S/C9H21N3O2/c1-3-4-12(5-6-13)7-8(2)9(14)11-10/h8,13H,3-7,10H2,1-2H3,(H,11,14). The Balaban J connectivity index is 3.94. The van der Waals surface area contributed by atoms with Gasteiger partial charge in [-0.05, 0) is 13.0 Å². The van der Waals surface area contributed by atoms with E-state index in [0.29, 0.717) is 13.1 Å². The first-order chi connectivity index (χ1) is 6.65. The Bertz CT molecular complexity index is 158. The molecular weight excluding hydrogens is 182 g/mol. The van der Waals surface area contributed by atoms with Gasteiger partial charge in [-0.2, -0.15) is 0 Å². The Morgan fingerprint density at radius 2 is 2.21 bits per heavy atom. The number of nitrogens with two attached hydrogens (primary N) is 1. The molecule has 5 heteroatoms. The van der Waals surface area contributed by atoms with Gasteiger partial charge in [0.25, 0.3) is 0 Å². The second-order valence-corrected chi connectivity index (χ2v) is 3.43. The maximum absolute atomic E-state index is 11.1. The highest BCUT2D eigenvalue weighted by atomic mass is 16.3. The van der Waals surface area contributed by atoms with Crippen molar-refractivity contribution in [3.8, 4) is 0 Å². The summed E-state index contributed by atoms with van der Waals surface area (Å²) in [6.07, 6.45) is 1.01. The quantitative estimate of drug-likeness (QED) is 0.291. The van der Waals surface area contributed by atoms with E-state index in [9.17, 15) is 4.79 Å². The van der Waals surface area contributed by atoms with Crippen LogP contribution in [0.1, 0.15) is 20.3 Å². The van der Waals surface area contributed by atoms with Gasteiger partial charge in [0.2, 0.25) is 5.91 Å². The minimum atomic E-state index is -0.163. The monoisotopic (exact) mass is 203 g/mol. The topological polar surface area (TPSA) is 78.6 Å². The molecule has 0 bridgehead atoms. The van der Waals surface area contributed by atoms with Crippen molar-refractivity contribution < 1.29 is 9.90 Å². The number of amides is 1. The molecule has 0 heterocycles. The molecule has 1 amide bonds. The normalized spacial score (nSPS) is 12.9. The molecule has 1 atom stereocenters. The molecule has 1 unspecified atom stereocenters. The van der Waals surface area contributed by atoms with Crippen molar-refractivity contribution in [3.63, 3.8) is 0 Å². The van der Waals surface area contributed by atoms with Gasteiger partial charge in [0.1, 0.15) is 0 Å². The lowest BCUT2D eigenvalue weighted by atomic mass is 10.1. The minimum absolute atomic E-state index is 0.122. The lowest BCUT2D eigenvalue weighted by Crippen LogP contribution is -2.41. The van der Waals surface area contributed by atoms with Crippen LogP contribution in [0.25, 0.3) is 0 Å². The van der Waals surface area contributed by atoms with E-state index in [-0.39, 0.29) is 18.4 Å². The third-order valence-corrected chi connectivity index (χ3v) is 2.08. The Hall–Kier alpha value is -0.650. The minimum Gasteiger partial charge on any atom is -0.395 e. The van der Waals surface area contributed by atoms with Gasteiger partial charge in [0, 0.05) is 19.0 Å². The Labute approximate surface area is 85.2 Å². The molecule has 0 aliphatic heterocycles. The average molecular weight is 203 g/mol. The summed E-state index contributed by atoms with van der Waals surface area (Å²) in [5, 5.41) is 8.81. The second-order valence-electron chi connectivity index (χ2n) is 3.43. The molecule has 14 heavy (non-hydrogen) atoms. The van der Waals surface area contributed by atoms with Crippen LogP contribution in [0.3, 0.4) is 0 Å². The third kappa shape index (κ3) is 5.16. The summed E-state index contributed by atoms with van der Waals surface area (Å²) >= 11 is 0. The van der Waals surface area contributed by atoms with Gasteiger partial charge >= 0.3 is 0 Å². The van der Waals surface area contributed by atoms with E-state index in [1.165, 1.54) is 0 Å². The van der Waals surface area contributed by atoms with Crippen molar-refractivity contribution in [2.24, 2.45) is 11.8 Å². The van der Waals surface area contributed by atoms with E-state index in [1.54, 1.807) is 0 Å². The third-order valence-electron chi connectivity index (χ3n) is 2.08. The molecule has 5 nitrogen and oxygen atoms in total. The van der Waals surface area contributed by atoms with Gasteiger partial charge in [-0.15, -0.1) is 0 Å². The Kier molecular flexibility index (Phi) is 7.37. The molecule has 0 aromatic carbocycles. The molecule has 0 saturated heterocycles. The van der Waals surface area contributed by atoms with E-state index in [4.69, 9.17) is 10.9 Å². The van der Waals surface area contributed by atoms with Crippen molar-refractivity contribution in [2.45, 2.75) is 20.3 Å². The van der Waals surface area contributed by atoms with E-state index in [2.05, 4.69) is 17.2 Å². The zero-order valence-corrected chi connectivity index (χ0v) is 8.99. The molecule has 0 aromatic rings. The number of carbonyl (C=O) groups is 1. The van der Waals surface area contributed by atoms with Crippen LogP contribution < -0.4 is 11.3 Å². The fourth-order valence-corrected chi connectivity index (χ4v) is 1.36. The molecule has 0 fully saturated rings. The molecule has 0 aromatic heterocycles. The highest BCUT2D eigenvalue weighted by Crippen LogP contribution is 2.00. The number of hydrogen-bond acceptors (Lipinski definition) is 4. The molecule has 0 saturated carbocycles. The number of rotatable bonds is 7. The van der Waals surface area contributed by atoms with Gasteiger partial charge in [0.05, 0.1) is 6.61 Å². The van der Waals surface area contributed by atoms with Crippen LogP contribution in [-0.2, 0) is 4.79 Å². The maximum Gasteiger partial charge on any atom is 0.237 e. The SMILES string of the molecule is CCCN(CCO)CC(C)C(=O)NN. The van der Waals surface area contributed by atoms with Crippen molar-refractivity contribution in [1.29, 1.82) is 0 Å². The summed E-state index contributed by atoms with van der Waals surface area (Å²) in [7, 11) is 0. The molecule has 0 aliphatic rings. The van der Waals surface area contributed by atoms with Crippen LogP contribution in [0.15, 0.2) is 0 Å². The predicted octanol–water partition coefficient (Wildman–Crippen LogP) is -0.683. The lowest BCUT2D eigenvalue weighted by Gasteiger charge is -2.23. The summed E-state index contributed by atoms with van der Waals surface area (Å²) in [5.74, 6) is 4.73. The van der Waals surface area contributed by atoms with Gasteiger partial charge in [0.15, 0.2) is 0 Å². The van der Waals surface area contributed by atoms with Crippen LogP contribution in [0, 0.1) is 5.92 Å². The summed E-state index contributed by atoms with van der Waals surface area (Å²) < 4.78 is 0. The largest absolute Gasteiger partial charge is 0.395 e. The highest BCUT2D eigenvalue weighted by Gasteiger charge is 2.15. The van der Waals surface area contributed by atoms with Gasteiger partial charge in [-0.3, -0.25) is 10.2 Å². The molecule has 4 N–H and O–H groups in total. The molecule has 0 radical (unpaired) electrons. The van der Waals surface area contributed by atoms with E-state index in [0.717, 1.165) is 13.0 Å². The van der Waals surface area contributed by atoms with Crippen LogP contribution in [0.2, 0.25) is 0 Å². The number of hydrogen-bond donors (Lipinski definition) is 3. The van der Waals surface area contributed by atoms with Crippen LogP contribution in [0.5, 0.6) is 0 Å². The first-order valence-electron chi connectivity index (χ1n) is 4.99. The van der Waals surface area contributed by atoms with Crippen LogP contribution >= 0.6 is 0 Å². The highest BCUT2D eigenvalue weighted by molar-refractivity contribution is 5.77. The fraction of sp³-hybridized carbons (Fsp3) is 0.889. The number of nitrogens with zero attached hydrogens (tertiary/aromatic N) is 1. The molecule has 0 rings (SSSR count). The average Bonchev–Trinajstić information content (AvgIpc) is 2.17. The van der Waals surface area contributed by atoms with E-state index >= 15 is 0 Å². The second kappa shape index (κ2) is 7.73. The summed E-state index contributed by atoms with van der Waals surface area (Å²) in [6, 6.07) is 0. The number of aliphatic hydroxyl groups is 1. The first kappa shape index (κ1) is 13.4. The molecule has 84 valence electrons. The number of nitrogens with one attached hydrogen (secondary N) is 1. The van der Waals surface area contributed by atoms with Crippen molar-refractivity contribution in [1.82, 2.24) is 10.3 Å². The van der Waals surface area contributed by atoms with Gasteiger partial charge in [-0.1, -0.05) is 13.8 Å². The van der Waals surface area contributed by atoms with E-state index < -0.39 is 0 Å². The fourth-order valence-electron chi connectivity index (χ4n) is 1.36. The Morgan fingerprint density at radius 3 is 2.64 bits per heavy atom. The van der Waals surface area contributed by atoms with E-state index in [1.807, 2.05) is 6.92 Å². The van der Waals surface area contributed by atoms with Gasteiger partial charge < -0.3 is 10.0 Å². The first-order valence-corrected chi connectivity index (χ1v) is 4.99. The van der Waals surface area contributed by atoms with Crippen molar-refractivity contribution >= 4 is 5.91 Å². The van der Waals surface area contributed by atoms with Crippen molar-refractivity contribution in [2.75, 3.05) is 26.2 Å². The van der Waals surface area contributed by atoms with Crippen LogP contribution in [-0.4, -0.2) is 42.2 Å². The van der Waals surface area contributed by atoms with Gasteiger partial charge in [-0.25, -0.2) is 5.84 Å². The molecular formula is C9H21N3O2. The molecule has 0 aliphatic carbocycles. The Morgan fingerprint density at radius 1 is 1.57 bits per heavy atom. The number of hydrazine groups is 1. The summed E-state index contributed by atoms with van der Waals surface area (Å²) in [4.78, 5) is 13.2. The predicted molar refractivity (Wildman–Crippen MR) is 55.3 cm³/mol.